The van der Waals surface area contributed by atoms with E-state index in [1.165, 1.54) is 0 Å². The third-order valence-corrected chi connectivity index (χ3v) is 3.86. The zero-order valence-electron chi connectivity index (χ0n) is 13.6. The van der Waals surface area contributed by atoms with Crippen molar-refractivity contribution in [1.82, 2.24) is 10.6 Å². The van der Waals surface area contributed by atoms with Crippen LogP contribution in [-0.4, -0.2) is 36.3 Å². The quantitative estimate of drug-likeness (QED) is 0.531. The number of benzene rings is 1. The van der Waals surface area contributed by atoms with Crippen LogP contribution in [0, 0.1) is 5.92 Å². The molecule has 0 saturated carbocycles. The number of halogens is 2. The van der Waals surface area contributed by atoms with E-state index in [0.717, 1.165) is 4.47 Å². The second kappa shape index (κ2) is 10.4. The molecular weight excluding hydrogens is 400 g/mol. The Bertz CT molecular complexity index is 569. The fourth-order valence-corrected chi connectivity index (χ4v) is 2.68. The van der Waals surface area contributed by atoms with Crippen molar-refractivity contribution in [2.24, 2.45) is 5.92 Å². The smallest absolute Gasteiger partial charge is 0.326 e. The summed E-state index contributed by atoms with van der Waals surface area (Å²) in [7, 11) is 0. The van der Waals surface area contributed by atoms with Crippen molar-refractivity contribution >= 4 is 39.5 Å². The van der Waals surface area contributed by atoms with Crippen molar-refractivity contribution in [1.29, 1.82) is 0 Å². The van der Waals surface area contributed by atoms with Gasteiger partial charge >= 0.3 is 12.0 Å². The van der Waals surface area contributed by atoms with Crippen molar-refractivity contribution < 1.29 is 19.4 Å². The van der Waals surface area contributed by atoms with Gasteiger partial charge in [0.2, 0.25) is 0 Å². The third-order valence-electron chi connectivity index (χ3n) is 3.07. The van der Waals surface area contributed by atoms with Gasteiger partial charge in [-0.15, -0.1) is 0 Å². The molecule has 0 aliphatic heterocycles. The van der Waals surface area contributed by atoms with Gasteiger partial charge in [-0.25, -0.2) is 9.59 Å². The summed E-state index contributed by atoms with van der Waals surface area (Å²) < 4.78 is 6.40. The lowest BCUT2D eigenvalue weighted by Crippen LogP contribution is -2.46. The van der Waals surface area contributed by atoms with Gasteiger partial charge in [-0.2, -0.15) is 0 Å². The minimum absolute atomic E-state index is 0.176. The van der Waals surface area contributed by atoms with Crippen molar-refractivity contribution in [2.75, 3.05) is 13.2 Å². The molecule has 0 aliphatic carbocycles. The molecular formula is C16H22BrClN2O4. The van der Waals surface area contributed by atoms with Crippen LogP contribution in [0.4, 0.5) is 4.79 Å². The molecule has 2 amide bonds. The maximum atomic E-state index is 11.7. The Morgan fingerprint density at radius 1 is 1.38 bits per heavy atom. The second-order valence-corrected chi connectivity index (χ2v) is 7.02. The largest absolute Gasteiger partial charge is 0.492 e. The Balaban J connectivity index is 2.26. The summed E-state index contributed by atoms with van der Waals surface area (Å²) >= 11 is 9.34. The van der Waals surface area contributed by atoms with Gasteiger partial charge in [0.15, 0.2) is 0 Å². The van der Waals surface area contributed by atoms with Gasteiger partial charge in [-0.1, -0.05) is 41.4 Å². The molecule has 1 aromatic rings. The summed E-state index contributed by atoms with van der Waals surface area (Å²) in [5, 5.41) is 14.7. The molecule has 0 radical (unpaired) electrons. The minimum atomic E-state index is -1.04. The Morgan fingerprint density at radius 2 is 2.08 bits per heavy atom. The highest BCUT2D eigenvalue weighted by Crippen LogP contribution is 2.27. The maximum absolute atomic E-state index is 11.7. The number of hydrogen-bond acceptors (Lipinski definition) is 3. The molecule has 6 nitrogen and oxygen atoms in total. The summed E-state index contributed by atoms with van der Waals surface area (Å²) in [5.74, 6) is -0.283. The molecule has 0 fully saturated rings. The monoisotopic (exact) mass is 420 g/mol. The summed E-state index contributed by atoms with van der Waals surface area (Å²) in [6.07, 6.45) is 0.954. The van der Waals surface area contributed by atoms with Gasteiger partial charge in [0, 0.05) is 11.0 Å². The number of rotatable bonds is 9. The Kier molecular flexibility index (Phi) is 8.92. The molecule has 0 aliphatic rings. The molecule has 8 heteroatoms. The number of carboxylic acid groups (broad SMARTS) is 1. The molecule has 1 unspecified atom stereocenters. The molecule has 0 spiro atoms. The van der Waals surface area contributed by atoms with Gasteiger partial charge in [0.05, 0.1) is 11.6 Å². The van der Waals surface area contributed by atoms with Crippen molar-refractivity contribution in [2.45, 2.75) is 32.7 Å². The van der Waals surface area contributed by atoms with Crippen LogP contribution in [0.2, 0.25) is 5.02 Å². The standard InChI is InChI=1S/C16H22BrClN2O4/c1-10(2)8-13(15(21)22)20-16(23)19-6-3-7-24-14-5-4-11(17)9-12(14)18/h4-5,9-10,13H,3,6-8H2,1-2H3,(H,21,22)(H2,19,20,23). The number of carbonyl (C=O) groups excluding carboxylic acids is 1. The van der Waals surface area contributed by atoms with E-state index in [-0.39, 0.29) is 5.92 Å². The highest BCUT2D eigenvalue weighted by molar-refractivity contribution is 9.10. The predicted octanol–water partition coefficient (Wildman–Crippen LogP) is 3.67. The number of carboxylic acids is 1. The van der Waals surface area contributed by atoms with Crippen LogP contribution in [0.3, 0.4) is 0 Å². The van der Waals surface area contributed by atoms with Crippen LogP contribution < -0.4 is 15.4 Å². The molecule has 134 valence electrons. The highest BCUT2D eigenvalue weighted by Gasteiger charge is 2.20. The Morgan fingerprint density at radius 3 is 2.67 bits per heavy atom. The summed E-state index contributed by atoms with van der Waals surface area (Å²) in [4.78, 5) is 22.8. The van der Waals surface area contributed by atoms with Crippen LogP contribution in [0.25, 0.3) is 0 Å². The fourth-order valence-electron chi connectivity index (χ4n) is 1.95. The summed E-state index contributed by atoms with van der Waals surface area (Å²) in [6.45, 7) is 4.56. The van der Waals surface area contributed by atoms with Gasteiger partial charge in [0.1, 0.15) is 11.8 Å². The van der Waals surface area contributed by atoms with E-state index in [1.54, 1.807) is 12.1 Å². The third kappa shape index (κ3) is 7.88. The maximum Gasteiger partial charge on any atom is 0.326 e. The first-order valence-corrected chi connectivity index (χ1v) is 8.81. The number of amides is 2. The number of nitrogens with one attached hydrogen (secondary N) is 2. The van der Waals surface area contributed by atoms with Gasteiger partial charge in [-0.05, 0) is 37.0 Å². The van der Waals surface area contributed by atoms with E-state index in [4.69, 9.17) is 21.4 Å². The topological polar surface area (TPSA) is 87.7 Å². The average molecular weight is 422 g/mol. The molecule has 0 aromatic heterocycles. The molecule has 1 rings (SSSR count). The van der Waals surface area contributed by atoms with Crippen LogP contribution in [0.5, 0.6) is 5.75 Å². The molecule has 0 saturated heterocycles. The van der Waals surface area contributed by atoms with Crippen LogP contribution >= 0.6 is 27.5 Å². The Labute approximate surface area is 155 Å². The Hall–Kier alpha value is -1.47. The number of ether oxygens (including phenoxy) is 1. The first-order chi connectivity index (χ1) is 11.3. The van der Waals surface area contributed by atoms with Crippen LogP contribution in [-0.2, 0) is 4.79 Å². The first kappa shape index (κ1) is 20.6. The molecule has 1 atom stereocenters. The lowest BCUT2D eigenvalue weighted by Gasteiger charge is -2.17. The van der Waals surface area contributed by atoms with E-state index in [2.05, 4.69) is 26.6 Å². The highest BCUT2D eigenvalue weighted by atomic mass is 79.9. The molecule has 1 aromatic carbocycles. The number of aliphatic carboxylic acids is 1. The van der Waals surface area contributed by atoms with Gasteiger partial charge in [0.25, 0.3) is 0 Å². The van der Waals surface area contributed by atoms with Crippen molar-refractivity contribution in [3.8, 4) is 5.75 Å². The van der Waals surface area contributed by atoms with E-state index in [1.807, 2.05) is 19.9 Å². The second-order valence-electron chi connectivity index (χ2n) is 5.70. The molecule has 0 bridgehead atoms. The number of urea groups is 1. The predicted molar refractivity (Wildman–Crippen MR) is 96.7 cm³/mol. The van der Waals surface area contributed by atoms with E-state index in [9.17, 15) is 9.59 Å². The number of hydrogen-bond donors (Lipinski definition) is 3. The zero-order chi connectivity index (χ0) is 18.1. The van der Waals surface area contributed by atoms with E-state index >= 15 is 0 Å². The SMILES string of the molecule is CC(C)CC(NC(=O)NCCCOc1ccc(Br)cc1Cl)C(=O)O. The fraction of sp³-hybridized carbons (Fsp3) is 0.500. The molecule has 3 N–H and O–H groups in total. The lowest BCUT2D eigenvalue weighted by molar-refractivity contribution is -0.139. The van der Waals surface area contributed by atoms with Crippen LogP contribution in [0.1, 0.15) is 26.7 Å². The summed E-state index contributed by atoms with van der Waals surface area (Å²) in [6, 6.07) is 3.94. The summed E-state index contributed by atoms with van der Waals surface area (Å²) in [5.41, 5.74) is 0. The van der Waals surface area contributed by atoms with Gasteiger partial charge < -0.3 is 20.5 Å². The van der Waals surface area contributed by atoms with Crippen molar-refractivity contribution in [3.05, 3.63) is 27.7 Å². The normalized spacial score (nSPS) is 11.9. The van der Waals surface area contributed by atoms with E-state index in [0.29, 0.717) is 36.8 Å². The van der Waals surface area contributed by atoms with Gasteiger partial charge in [-0.3, -0.25) is 0 Å². The van der Waals surface area contributed by atoms with Crippen molar-refractivity contribution in [3.63, 3.8) is 0 Å². The van der Waals surface area contributed by atoms with E-state index < -0.39 is 18.0 Å². The number of carbonyl (C=O) groups is 2. The molecule has 24 heavy (non-hydrogen) atoms. The minimum Gasteiger partial charge on any atom is -0.492 e. The average Bonchev–Trinajstić information content (AvgIpc) is 2.47. The molecule has 0 heterocycles. The lowest BCUT2D eigenvalue weighted by atomic mass is 10.0. The zero-order valence-corrected chi connectivity index (χ0v) is 16.0. The van der Waals surface area contributed by atoms with Crippen LogP contribution in [0.15, 0.2) is 22.7 Å². The first-order valence-electron chi connectivity index (χ1n) is 7.64.